The van der Waals surface area contributed by atoms with Crippen LogP contribution in [0.2, 0.25) is 0 Å². The van der Waals surface area contributed by atoms with Gasteiger partial charge in [0.25, 0.3) is 0 Å². The second-order valence-electron chi connectivity index (χ2n) is 5.67. The molecule has 0 aliphatic carbocycles. The van der Waals surface area contributed by atoms with Crippen LogP contribution in [0, 0.1) is 0 Å². The average molecular weight is 295 g/mol. The minimum Gasteiger partial charge on any atom is -0.494 e. The van der Waals surface area contributed by atoms with Crippen molar-refractivity contribution in [2.75, 3.05) is 26.4 Å². The van der Waals surface area contributed by atoms with E-state index in [-0.39, 0.29) is 18.8 Å². The largest absolute Gasteiger partial charge is 0.494 e. The molecule has 1 rings (SSSR count). The number of hydrogen-bond donors (Lipinski definition) is 3. The number of benzene rings is 1. The van der Waals surface area contributed by atoms with Gasteiger partial charge in [-0.3, -0.25) is 0 Å². The molecule has 1 unspecified atom stereocenters. The Balaban J connectivity index is 2.21. The van der Waals surface area contributed by atoms with Crippen LogP contribution >= 0.6 is 0 Å². The number of nitrogens with one attached hydrogen (secondary N) is 1. The van der Waals surface area contributed by atoms with Gasteiger partial charge in [-0.15, -0.1) is 0 Å². The van der Waals surface area contributed by atoms with E-state index in [2.05, 4.69) is 19.2 Å². The maximum absolute atomic E-state index is 9.41. The number of aliphatic hydroxyl groups excluding tert-OH is 2. The van der Waals surface area contributed by atoms with Crippen molar-refractivity contribution in [3.63, 3.8) is 0 Å². The van der Waals surface area contributed by atoms with E-state index in [9.17, 15) is 5.11 Å². The molecule has 0 aliphatic rings. The lowest BCUT2D eigenvalue weighted by Gasteiger charge is -2.28. The summed E-state index contributed by atoms with van der Waals surface area (Å²) in [7, 11) is 0. The standard InChI is InChI=1S/C17H29NO3/c1-3-18-17(2,14-20)11-4-5-13-21-16-8-6-15(7-9-16)10-12-19/h6-9,18-20H,3-5,10-14H2,1-2H3. The number of likely N-dealkylation sites (N-methyl/N-ethyl adjacent to an activating group) is 1. The summed E-state index contributed by atoms with van der Waals surface area (Å²) >= 11 is 0. The zero-order valence-corrected chi connectivity index (χ0v) is 13.3. The summed E-state index contributed by atoms with van der Waals surface area (Å²) in [6, 6.07) is 7.86. The lowest BCUT2D eigenvalue weighted by atomic mass is 9.96. The summed E-state index contributed by atoms with van der Waals surface area (Å²) in [5, 5.41) is 21.6. The predicted octanol–water partition coefficient (Wildman–Crippen LogP) is 2.13. The molecule has 120 valence electrons. The lowest BCUT2D eigenvalue weighted by Crippen LogP contribution is -2.45. The van der Waals surface area contributed by atoms with Gasteiger partial charge in [-0.25, -0.2) is 0 Å². The first-order valence-electron chi connectivity index (χ1n) is 7.82. The van der Waals surface area contributed by atoms with Gasteiger partial charge in [0.15, 0.2) is 0 Å². The van der Waals surface area contributed by atoms with Gasteiger partial charge < -0.3 is 20.3 Å². The van der Waals surface area contributed by atoms with E-state index in [1.54, 1.807) is 0 Å². The first kappa shape index (κ1) is 18.0. The predicted molar refractivity (Wildman–Crippen MR) is 85.7 cm³/mol. The van der Waals surface area contributed by atoms with Crippen molar-refractivity contribution < 1.29 is 14.9 Å². The summed E-state index contributed by atoms with van der Waals surface area (Å²) in [6.45, 7) is 6.00. The maximum atomic E-state index is 9.41. The second kappa shape index (κ2) is 9.77. The summed E-state index contributed by atoms with van der Waals surface area (Å²) in [6.07, 6.45) is 3.62. The number of rotatable bonds is 11. The normalized spacial score (nSPS) is 13.9. The highest BCUT2D eigenvalue weighted by Gasteiger charge is 2.20. The van der Waals surface area contributed by atoms with Gasteiger partial charge >= 0.3 is 0 Å². The molecule has 1 aromatic rings. The molecule has 0 saturated heterocycles. The average Bonchev–Trinajstić information content (AvgIpc) is 2.49. The number of unbranched alkanes of at least 4 members (excludes halogenated alkanes) is 1. The number of aliphatic hydroxyl groups is 2. The molecule has 0 spiro atoms. The van der Waals surface area contributed by atoms with Crippen molar-refractivity contribution in [3.8, 4) is 5.75 Å². The fraction of sp³-hybridized carbons (Fsp3) is 0.647. The Morgan fingerprint density at radius 3 is 2.43 bits per heavy atom. The van der Waals surface area contributed by atoms with Crippen molar-refractivity contribution in [2.24, 2.45) is 0 Å². The third kappa shape index (κ3) is 6.93. The minimum atomic E-state index is -0.180. The van der Waals surface area contributed by atoms with E-state index < -0.39 is 0 Å². The highest BCUT2D eigenvalue weighted by atomic mass is 16.5. The molecule has 3 N–H and O–H groups in total. The van der Waals surface area contributed by atoms with Crippen LogP contribution in [0.3, 0.4) is 0 Å². The van der Waals surface area contributed by atoms with Crippen LogP contribution < -0.4 is 10.1 Å². The smallest absolute Gasteiger partial charge is 0.119 e. The van der Waals surface area contributed by atoms with Crippen molar-refractivity contribution in [2.45, 2.75) is 45.1 Å². The molecule has 21 heavy (non-hydrogen) atoms. The molecule has 0 aliphatic heterocycles. The van der Waals surface area contributed by atoms with Crippen LogP contribution in [-0.4, -0.2) is 42.1 Å². The fourth-order valence-corrected chi connectivity index (χ4v) is 2.34. The monoisotopic (exact) mass is 295 g/mol. The van der Waals surface area contributed by atoms with Crippen LogP contribution in [0.1, 0.15) is 38.7 Å². The molecule has 0 amide bonds. The molecule has 0 aromatic heterocycles. The van der Waals surface area contributed by atoms with Crippen molar-refractivity contribution in [1.29, 1.82) is 0 Å². The SMILES string of the molecule is CCNC(C)(CO)CCCCOc1ccc(CCO)cc1. The topological polar surface area (TPSA) is 61.7 Å². The molecular weight excluding hydrogens is 266 g/mol. The number of hydrogen-bond acceptors (Lipinski definition) is 4. The van der Waals surface area contributed by atoms with Crippen LogP contribution in [0.4, 0.5) is 0 Å². The van der Waals surface area contributed by atoms with Crippen molar-refractivity contribution in [1.82, 2.24) is 5.32 Å². The van der Waals surface area contributed by atoms with Crippen LogP contribution in [0.25, 0.3) is 0 Å². The zero-order chi connectivity index (χ0) is 15.6. The van der Waals surface area contributed by atoms with E-state index in [0.717, 1.165) is 37.1 Å². The Morgan fingerprint density at radius 2 is 1.86 bits per heavy atom. The van der Waals surface area contributed by atoms with E-state index in [1.165, 1.54) is 0 Å². The summed E-state index contributed by atoms with van der Waals surface area (Å²) in [5.41, 5.74) is 0.940. The van der Waals surface area contributed by atoms with Crippen molar-refractivity contribution >= 4 is 0 Å². The van der Waals surface area contributed by atoms with E-state index in [4.69, 9.17) is 9.84 Å². The van der Waals surface area contributed by atoms with Crippen LogP contribution in [0.5, 0.6) is 5.75 Å². The molecule has 0 fully saturated rings. The lowest BCUT2D eigenvalue weighted by molar-refractivity contribution is 0.162. The molecule has 0 heterocycles. The molecule has 1 atom stereocenters. The van der Waals surface area contributed by atoms with Gasteiger partial charge in [0.1, 0.15) is 5.75 Å². The van der Waals surface area contributed by atoms with E-state index in [1.807, 2.05) is 24.3 Å². The first-order chi connectivity index (χ1) is 10.1. The summed E-state index contributed by atoms with van der Waals surface area (Å²) in [5.74, 6) is 0.869. The Labute approximate surface area is 128 Å². The summed E-state index contributed by atoms with van der Waals surface area (Å²) < 4.78 is 5.70. The van der Waals surface area contributed by atoms with Crippen LogP contribution in [0.15, 0.2) is 24.3 Å². The minimum absolute atomic E-state index is 0.161. The highest BCUT2D eigenvalue weighted by Crippen LogP contribution is 2.15. The van der Waals surface area contributed by atoms with Gasteiger partial charge in [0.2, 0.25) is 0 Å². The molecule has 4 nitrogen and oxygen atoms in total. The zero-order valence-electron chi connectivity index (χ0n) is 13.3. The Bertz CT molecular complexity index is 380. The summed E-state index contributed by atoms with van der Waals surface area (Å²) in [4.78, 5) is 0. The number of ether oxygens (including phenoxy) is 1. The molecule has 0 saturated carbocycles. The van der Waals surface area contributed by atoms with Gasteiger partial charge in [-0.05, 0) is 56.8 Å². The molecule has 0 radical (unpaired) electrons. The van der Waals surface area contributed by atoms with Crippen molar-refractivity contribution in [3.05, 3.63) is 29.8 Å². The van der Waals surface area contributed by atoms with E-state index in [0.29, 0.717) is 13.0 Å². The van der Waals surface area contributed by atoms with Gasteiger partial charge in [-0.2, -0.15) is 0 Å². The third-order valence-corrected chi connectivity index (χ3v) is 3.67. The Kier molecular flexibility index (Phi) is 8.35. The third-order valence-electron chi connectivity index (χ3n) is 3.67. The van der Waals surface area contributed by atoms with Gasteiger partial charge in [-0.1, -0.05) is 19.1 Å². The first-order valence-corrected chi connectivity index (χ1v) is 7.82. The van der Waals surface area contributed by atoms with Crippen LogP contribution in [-0.2, 0) is 6.42 Å². The second-order valence-corrected chi connectivity index (χ2v) is 5.67. The molecule has 1 aromatic carbocycles. The fourth-order valence-electron chi connectivity index (χ4n) is 2.34. The van der Waals surface area contributed by atoms with Gasteiger partial charge in [0, 0.05) is 12.1 Å². The maximum Gasteiger partial charge on any atom is 0.119 e. The molecule has 4 heteroatoms. The Morgan fingerprint density at radius 1 is 1.14 bits per heavy atom. The molecule has 0 bridgehead atoms. The quantitative estimate of drug-likeness (QED) is 0.547. The van der Waals surface area contributed by atoms with E-state index >= 15 is 0 Å². The van der Waals surface area contributed by atoms with Gasteiger partial charge in [0.05, 0.1) is 13.2 Å². The Hall–Kier alpha value is -1.10. The highest BCUT2D eigenvalue weighted by molar-refractivity contribution is 5.27. The molecular formula is C17H29NO3.